The summed E-state index contributed by atoms with van der Waals surface area (Å²) in [4.78, 5) is 29.0. The zero-order chi connectivity index (χ0) is 16.1. The lowest BCUT2D eigenvalue weighted by Crippen LogP contribution is -2.72. The number of hydrogen-bond donors (Lipinski definition) is 0. The lowest BCUT2D eigenvalue weighted by molar-refractivity contribution is -0.310. The van der Waals surface area contributed by atoms with Crippen molar-refractivity contribution in [2.45, 2.75) is 56.8 Å². The maximum Gasteiger partial charge on any atom is 0.421 e. The quantitative estimate of drug-likeness (QED) is 0.448. The number of piperidine rings is 2. The second-order valence-electron chi connectivity index (χ2n) is 6.60. The molecule has 0 atom stereocenters. The molecule has 8 nitrogen and oxygen atoms in total. The van der Waals surface area contributed by atoms with Crippen molar-refractivity contribution in [1.82, 2.24) is 15.0 Å². The van der Waals surface area contributed by atoms with E-state index >= 15 is 0 Å². The minimum Gasteiger partial charge on any atom is -0.400 e. The molecule has 0 aromatic carbocycles. The highest BCUT2D eigenvalue weighted by Gasteiger charge is 2.67. The Morgan fingerprint density at radius 3 is 2.48 bits per heavy atom. The highest BCUT2D eigenvalue weighted by atomic mass is 16.8. The summed E-state index contributed by atoms with van der Waals surface area (Å²) in [6.07, 6.45) is 5.31. The maximum absolute atomic E-state index is 11.3. The minimum atomic E-state index is -1.21. The number of esters is 2. The number of unbranched alkanes of at least 4 members (excludes halogenated alkanes) is 2. The highest BCUT2D eigenvalue weighted by molar-refractivity contribution is 6.31. The number of carbonyl (C=O) groups excluding carboxylic acids is 2. The van der Waals surface area contributed by atoms with E-state index in [1.54, 1.807) is 0 Å². The van der Waals surface area contributed by atoms with Crippen molar-refractivity contribution < 1.29 is 23.6 Å². The summed E-state index contributed by atoms with van der Waals surface area (Å²) in [5, 5.41) is 4.07. The molecule has 4 saturated heterocycles. The smallest absolute Gasteiger partial charge is 0.400 e. The van der Waals surface area contributed by atoms with Crippen LogP contribution in [-0.4, -0.2) is 46.0 Å². The fraction of sp³-hybridized carbons (Fsp3) is 0.733. The van der Waals surface area contributed by atoms with Crippen LogP contribution in [0.3, 0.4) is 0 Å². The largest absolute Gasteiger partial charge is 0.421 e. The van der Waals surface area contributed by atoms with Crippen molar-refractivity contribution in [2.24, 2.45) is 0 Å². The van der Waals surface area contributed by atoms with E-state index in [4.69, 9.17) is 14.0 Å². The van der Waals surface area contributed by atoms with Crippen molar-refractivity contribution in [3.63, 3.8) is 0 Å². The van der Waals surface area contributed by atoms with Crippen LogP contribution in [-0.2, 0) is 30.9 Å². The minimum absolute atomic E-state index is 0.206. The summed E-state index contributed by atoms with van der Waals surface area (Å²) in [6.45, 7) is 3.33. The fourth-order valence-corrected chi connectivity index (χ4v) is 3.61. The van der Waals surface area contributed by atoms with Crippen LogP contribution in [0.2, 0.25) is 0 Å². The Morgan fingerprint density at radius 2 is 1.87 bits per heavy atom. The van der Waals surface area contributed by atoms with Gasteiger partial charge in [0.2, 0.25) is 5.89 Å². The Kier molecular flexibility index (Phi) is 3.19. The normalized spacial score (nSPS) is 30.9. The van der Waals surface area contributed by atoms with Gasteiger partial charge in [0, 0.05) is 25.9 Å². The Morgan fingerprint density at radius 1 is 1.13 bits per heavy atom. The molecule has 5 heterocycles. The van der Waals surface area contributed by atoms with E-state index in [0.717, 1.165) is 31.5 Å². The van der Waals surface area contributed by atoms with E-state index in [1.165, 1.54) is 0 Å². The van der Waals surface area contributed by atoms with Gasteiger partial charge in [0.05, 0.1) is 5.41 Å². The van der Waals surface area contributed by atoms with E-state index in [1.807, 2.05) is 4.90 Å². The lowest BCUT2D eigenvalue weighted by Gasteiger charge is -2.57. The summed E-state index contributed by atoms with van der Waals surface area (Å²) in [5.74, 6) is -1.65. The summed E-state index contributed by atoms with van der Waals surface area (Å²) >= 11 is 0. The summed E-state index contributed by atoms with van der Waals surface area (Å²) in [5.41, 5.74) is -0.206. The Bertz CT molecular complexity index is 628. The van der Waals surface area contributed by atoms with Crippen LogP contribution in [0.15, 0.2) is 4.52 Å². The third-order valence-corrected chi connectivity index (χ3v) is 4.99. The molecule has 5 rings (SSSR count). The van der Waals surface area contributed by atoms with Gasteiger partial charge in [0.25, 0.3) is 0 Å². The first-order valence-electron chi connectivity index (χ1n) is 8.11. The zero-order valence-corrected chi connectivity index (χ0v) is 13.0. The van der Waals surface area contributed by atoms with Crippen LogP contribution < -0.4 is 0 Å². The number of aromatic nitrogens is 2. The van der Waals surface area contributed by atoms with Crippen molar-refractivity contribution in [1.29, 1.82) is 0 Å². The molecular formula is C15H19N3O5. The standard InChI is InChI=1S/C15H19N3O5/c1-2-3-4-5-10-16-13(23-17-10)14-6-7-15(18(8-14)9-14)21-11(19)12(20)22-15/h2-9H2,1H3. The molecule has 2 bridgehead atoms. The topological polar surface area (TPSA) is 94.8 Å². The average Bonchev–Trinajstić information content (AvgIpc) is 3.05. The molecule has 0 aliphatic carbocycles. The van der Waals surface area contributed by atoms with Crippen LogP contribution in [0.4, 0.5) is 0 Å². The first-order valence-corrected chi connectivity index (χ1v) is 8.11. The summed E-state index contributed by atoms with van der Waals surface area (Å²) < 4.78 is 15.8. The van der Waals surface area contributed by atoms with E-state index < -0.39 is 17.8 Å². The van der Waals surface area contributed by atoms with Gasteiger partial charge in [-0.05, 0) is 12.8 Å². The van der Waals surface area contributed by atoms with Gasteiger partial charge in [-0.1, -0.05) is 24.9 Å². The molecule has 1 aromatic heterocycles. The second kappa shape index (κ2) is 5.02. The van der Waals surface area contributed by atoms with E-state index in [0.29, 0.717) is 31.8 Å². The van der Waals surface area contributed by atoms with Gasteiger partial charge in [-0.3, -0.25) is 0 Å². The number of aryl methyl sites for hydroxylation is 1. The Labute approximate surface area is 133 Å². The van der Waals surface area contributed by atoms with Gasteiger partial charge in [0.1, 0.15) is 0 Å². The molecule has 1 aromatic rings. The number of fused-ring (bicyclic) bond motifs is 1. The first-order chi connectivity index (χ1) is 11.1. The number of ether oxygens (including phenoxy) is 2. The molecule has 4 fully saturated rings. The van der Waals surface area contributed by atoms with Crippen molar-refractivity contribution in [2.75, 3.05) is 13.1 Å². The monoisotopic (exact) mass is 321 g/mol. The van der Waals surface area contributed by atoms with Gasteiger partial charge in [-0.15, -0.1) is 0 Å². The predicted molar refractivity (Wildman–Crippen MR) is 74.9 cm³/mol. The van der Waals surface area contributed by atoms with Crippen LogP contribution in [0.5, 0.6) is 0 Å². The maximum atomic E-state index is 11.3. The molecule has 0 amide bonds. The molecule has 0 radical (unpaired) electrons. The van der Waals surface area contributed by atoms with Gasteiger partial charge < -0.3 is 14.0 Å². The molecule has 0 N–H and O–H groups in total. The molecule has 0 saturated carbocycles. The van der Waals surface area contributed by atoms with Crippen LogP contribution in [0.25, 0.3) is 0 Å². The molecule has 0 unspecified atom stereocenters. The van der Waals surface area contributed by atoms with Crippen LogP contribution in [0, 0.1) is 0 Å². The number of carbonyl (C=O) groups is 2. The molecule has 23 heavy (non-hydrogen) atoms. The Hall–Kier alpha value is -1.96. The summed E-state index contributed by atoms with van der Waals surface area (Å²) in [7, 11) is 0. The predicted octanol–water partition coefficient (Wildman–Crippen LogP) is 0.903. The van der Waals surface area contributed by atoms with Gasteiger partial charge in [0.15, 0.2) is 5.82 Å². The zero-order valence-electron chi connectivity index (χ0n) is 13.0. The third-order valence-electron chi connectivity index (χ3n) is 4.99. The van der Waals surface area contributed by atoms with E-state index in [-0.39, 0.29) is 5.41 Å². The number of hydrogen-bond acceptors (Lipinski definition) is 8. The second-order valence-corrected chi connectivity index (χ2v) is 6.60. The SMILES string of the molecule is CCCCCc1noc(C23CCC4(OC(=O)C(=O)O4)N(C2)C3)n1. The first kappa shape index (κ1) is 14.6. The molecule has 4 aliphatic rings. The van der Waals surface area contributed by atoms with Crippen molar-refractivity contribution in [3.05, 3.63) is 11.7 Å². The number of rotatable bonds is 5. The van der Waals surface area contributed by atoms with Crippen molar-refractivity contribution >= 4 is 11.9 Å². The van der Waals surface area contributed by atoms with Crippen molar-refractivity contribution in [3.8, 4) is 0 Å². The van der Waals surface area contributed by atoms with Crippen LogP contribution >= 0.6 is 0 Å². The van der Waals surface area contributed by atoms with Crippen LogP contribution in [0.1, 0.15) is 50.7 Å². The van der Waals surface area contributed by atoms with E-state index in [2.05, 4.69) is 17.1 Å². The molecule has 4 aliphatic heterocycles. The van der Waals surface area contributed by atoms with Gasteiger partial charge >= 0.3 is 17.8 Å². The summed E-state index contributed by atoms with van der Waals surface area (Å²) in [6, 6.07) is 0. The molecule has 1 spiro atoms. The van der Waals surface area contributed by atoms with E-state index in [9.17, 15) is 9.59 Å². The van der Waals surface area contributed by atoms with Gasteiger partial charge in [-0.2, -0.15) is 4.98 Å². The number of nitrogens with zero attached hydrogens (tertiary/aromatic N) is 3. The van der Waals surface area contributed by atoms with Gasteiger partial charge in [-0.25, -0.2) is 14.5 Å². The highest BCUT2D eigenvalue weighted by Crippen LogP contribution is 2.51. The third kappa shape index (κ3) is 2.15. The molecular weight excluding hydrogens is 302 g/mol. The lowest BCUT2D eigenvalue weighted by atomic mass is 9.70. The fourth-order valence-electron chi connectivity index (χ4n) is 3.61. The average molecular weight is 321 g/mol. The molecule has 8 heteroatoms. The molecule has 124 valence electrons. The Balaban J connectivity index is 1.44.